The van der Waals surface area contributed by atoms with E-state index in [4.69, 9.17) is 5.73 Å². The number of hydrogen-bond donors (Lipinski definition) is 2. The van der Waals surface area contributed by atoms with Crippen molar-refractivity contribution < 1.29 is 12.9 Å². The van der Waals surface area contributed by atoms with E-state index in [0.29, 0.717) is 5.69 Å². The lowest BCUT2D eigenvalue weighted by Gasteiger charge is -2.09. The molecule has 8 heteroatoms. The largest absolute Gasteiger partial charge is 0.398 e. The van der Waals surface area contributed by atoms with Crippen LogP contribution >= 0.6 is 22.6 Å². The number of nitrogens with two attached hydrogens (primary N) is 1. The van der Waals surface area contributed by atoms with Gasteiger partial charge in [-0.2, -0.15) is 0 Å². The number of nitrogen functional groups attached to an aromatic ring is 1. The van der Waals surface area contributed by atoms with E-state index in [1.165, 1.54) is 18.4 Å². The molecule has 0 radical (unpaired) electrons. The maximum Gasteiger partial charge on any atom is 0.263 e. The van der Waals surface area contributed by atoms with Crippen molar-refractivity contribution in [1.29, 1.82) is 0 Å². The SMILES string of the molecule is Cc1cc(S(=O)(=O)Nc2ccon2)cc(N)c1I. The van der Waals surface area contributed by atoms with E-state index in [-0.39, 0.29) is 10.7 Å². The normalized spacial score (nSPS) is 11.4. The fourth-order valence-corrected chi connectivity index (χ4v) is 2.80. The Morgan fingerprint density at radius 3 is 2.72 bits per heavy atom. The van der Waals surface area contributed by atoms with E-state index in [2.05, 4.69) is 37.0 Å². The number of aromatic nitrogens is 1. The number of halogens is 1. The van der Waals surface area contributed by atoms with Crippen LogP contribution in [0.1, 0.15) is 5.56 Å². The van der Waals surface area contributed by atoms with Crippen LogP contribution in [0.25, 0.3) is 0 Å². The van der Waals surface area contributed by atoms with Gasteiger partial charge in [-0.3, -0.25) is 4.72 Å². The molecule has 2 aromatic rings. The molecule has 6 nitrogen and oxygen atoms in total. The van der Waals surface area contributed by atoms with E-state index in [9.17, 15) is 8.42 Å². The van der Waals surface area contributed by atoms with Crippen LogP contribution in [0.15, 0.2) is 33.9 Å². The zero-order valence-electron chi connectivity index (χ0n) is 9.34. The van der Waals surface area contributed by atoms with Gasteiger partial charge in [0.1, 0.15) is 6.26 Å². The fourth-order valence-electron chi connectivity index (χ4n) is 1.38. The number of rotatable bonds is 3. The van der Waals surface area contributed by atoms with E-state index in [1.807, 2.05) is 0 Å². The minimum atomic E-state index is -3.70. The van der Waals surface area contributed by atoms with Gasteiger partial charge in [0.2, 0.25) is 0 Å². The summed E-state index contributed by atoms with van der Waals surface area (Å²) in [6, 6.07) is 4.39. The molecule has 96 valence electrons. The van der Waals surface area contributed by atoms with Crippen molar-refractivity contribution in [3.05, 3.63) is 33.6 Å². The topological polar surface area (TPSA) is 98.2 Å². The highest BCUT2D eigenvalue weighted by molar-refractivity contribution is 14.1. The first kappa shape index (κ1) is 13.1. The molecule has 3 N–H and O–H groups in total. The molecule has 1 heterocycles. The Kier molecular flexibility index (Phi) is 3.48. The van der Waals surface area contributed by atoms with Crippen molar-refractivity contribution in [1.82, 2.24) is 5.16 Å². The number of hydrogen-bond acceptors (Lipinski definition) is 5. The third-order valence-electron chi connectivity index (χ3n) is 2.24. The Balaban J connectivity index is 2.42. The predicted molar refractivity (Wildman–Crippen MR) is 75.6 cm³/mol. The predicted octanol–water partition coefficient (Wildman–Crippen LogP) is 1.97. The monoisotopic (exact) mass is 379 g/mol. The second-order valence-electron chi connectivity index (χ2n) is 3.63. The molecule has 0 aliphatic heterocycles. The van der Waals surface area contributed by atoms with Gasteiger partial charge in [-0.25, -0.2) is 8.42 Å². The zero-order chi connectivity index (χ0) is 13.3. The lowest BCUT2D eigenvalue weighted by Crippen LogP contribution is -2.14. The molecular formula is C10H10IN3O3S. The first-order valence-electron chi connectivity index (χ1n) is 4.89. The molecule has 0 spiro atoms. The molecule has 2 rings (SSSR count). The Morgan fingerprint density at radius 1 is 1.44 bits per heavy atom. The van der Waals surface area contributed by atoms with Crippen molar-refractivity contribution in [2.45, 2.75) is 11.8 Å². The Labute approximate surface area is 118 Å². The number of nitrogens with zero attached hydrogens (tertiary/aromatic N) is 1. The summed E-state index contributed by atoms with van der Waals surface area (Å²) in [7, 11) is -3.70. The molecule has 0 bridgehead atoms. The second-order valence-corrected chi connectivity index (χ2v) is 6.39. The minimum Gasteiger partial charge on any atom is -0.398 e. The van der Waals surface area contributed by atoms with Crippen LogP contribution in [0.5, 0.6) is 0 Å². The van der Waals surface area contributed by atoms with Crippen LogP contribution in [0.4, 0.5) is 11.5 Å². The van der Waals surface area contributed by atoms with E-state index < -0.39 is 10.0 Å². The van der Waals surface area contributed by atoms with Gasteiger partial charge in [0.05, 0.1) is 4.90 Å². The average Bonchev–Trinajstić information content (AvgIpc) is 2.77. The van der Waals surface area contributed by atoms with Crippen molar-refractivity contribution >= 4 is 44.1 Å². The maximum atomic E-state index is 12.1. The zero-order valence-corrected chi connectivity index (χ0v) is 12.3. The highest BCUT2D eigenvalue weighted by Gasteiger charge is 2.17. The quantitative estimate of drug-likeness (QED) is 0.628. The molecule has 18 heavy (non-hydrogen) atoms. The summed E-state index contributed by atoms with van der Waals surface area (Å²) in [5.74, 6) is 0.129. The molecule has 1 aromatic carbocycles. The summed E-state index contributed by atoms with van der Waals surface area (Å²) >= 11 is 2.07. The Bertz CT molecular complexity index is 645. The Hall–Kier alpha value is -1.29. The summed E-state index contributed by atoms with van der Waals surface area (Å²) < 4.78 is 31.8. The van der Waals surface area contributed by atoms with Gasteiger partial charge in [-0.15, -0.1) is 0 Å². The molecular weight excluding hydrogens is 369 g/mol. The van der Waals surface area contributed by atoms with Crippen molar-refractivity contribution in [2.75, 3.05) is 10.5 Å². The van der Waals surface area contributed by atoms with Crippen LogP contribution in [0, 0.1) is 10.5 Å². The summed E-state index contributed by atoms with van der Waals surface area (Å²) in [6.45, 7) is 1.80. The molecule has 1 aromatic heterocycles. The van der Waals surface area contributed by atoms with Crippen molar-refractivity contribution in [2.24, 2.45) is 0 Å². The second kappa shape index (κ2) is 4.76. The molecule has 0 aliphatic rings. The molecule has 0 atom stereocenters. The van der Waals surface area contributed by atoms with Crippen LogP contribution in [-0.2, 0) is 10.0 Å². The van der Waals surface area contributed by atoms with Gasteiger partial charge < -0.3 is 10.3 Å². The van der Waals surface area contributed by atoms with Gasteiger partial charge >= 0.3 is 0 Å². The molecule has 0 aliphatic carbocycles. The van der Waals surface area contributed by atoms with Crippen molar-refractivity contribution in [3.63, 3.8) is 0 Å². The smallest absolute Gasteiger partial charge is 0.263 e. The van der Waals surface area contributed by atoms with Crippen LogP contribution in [0.3, 0.4) is 0 Å². The summed E-state index contributed by atoms with van der Waals surface area (Å²) in [6.07, 6.45) is 1.28. The third-order valence-corrected chi connectivity index (χ3v) is 5.05. The van der Waals surface area contributed by atoms with E-state index >= 15 is 0 Å². The number of nitrogens with one attached hydrogen (secondary N) is 1. The summed E-state index contributed by atoms with van der Waals surface area (Å²) in [4.78, 5) is 0.0981. The number of anilines is 2. The van der Waals surface area contributed by atoms with Gasteiger partial charge in [-0.1, -0.05) is 5.16 Å². The van der Waals surface area contributed by atoms with E-state index in [0.717, 1.165) is 9.13 Å². The van der Waals surface area contributed by atoms with E-state index in [1.54, 1.807) is 13.0 Å². The first-order valence-corrected chi connectivity index (χ1v) is 7.45. The van der Waals surface area contributed by atoms with Gasteiger partial charge in [0.15, 0.2) is 5.82 Å². The van der Waals surface area contributed by atoms with Crippen molar-refractivity contribution in [3.8, 4) is 0 Å². The minimum absolute atomic E-state index is 0.0981. The number of aryl methyl sites for hydroxylation is 1. The fraction of sp³-hybridized carbons (Fsp3) is 0.100. The summed E-state index contributed by atoms with van der Waals surface area (Å²) in [5, 5.41) is 3.49. The Morgan fingerprint density at radius 2 is 2.17 bits per heavy atom. The summed E-state index contributed by atoms with van der Waals surface area (Å²) in [5.41, 5.74) is 6.99. The third kappa shape index (κ3) is 2.58. The van der Waals surface area contributed by atoms with Gasteiger partial charge in [0.25, 0.3) is 10.0 Å². The van der Waals surface area contributed by atoms with Crippen LogP contribution in [-0.4, -0.2) is 13.6 Å². The lowest BCUT2D eigenvalue weighted by molar-refractivity contribution is 0.423. The first-order chi connectivity index (χ1) is 8.40. The molecule has 0 saturated heterocycles. The maximum absolute atomic E-state index is 12.1. The average molecular weight is 379 g/mol. The van der Waals surface area contributed by atoms with Crippen LogP contribution < -0.4 is 10.5 Å². The molecule has 0 fully saturated rings. The molecule has 0 unspecified atom stereocenters. The number of sulfonamides is 1. The van der Waals surface area contributed by atoms with Crippen LogP contribution in [0.2, 0.25) is 0 Å². The molecule has 0 amide bonds. The van der Waals surface area contributed by atoms with Gasteiger partial charge in [-0.05, 0) is 47.2 Å². The standard InChI is InChI=1S/C10H10IN3O3S/c1-6-4-7(5-8(12)10(6)11)18(15,16)14-9-2-3-17-13-9/h2-5H,12H2,1H3,(H,13,14). The molecule has 0 saturated carbocycles. The highest BCUT2D eigenvalue weighted by Crippen LogP contribution is 2.24. The number of benzene rings is 1. The highest BCUT2D eigenvalue weighted by atomic mass is 127. The van der Waals surface area contributed by atoms with Gasteiger partial charge in [0, 0.05) is 15.3 Å². The lowest BCUT2D eigenvalue weighted by atomic mass is 10.2.